The standard InChI is InChI=1S/C34H42N4O7/c1-24(2)20-29(38(3)43-4)31(40)36-32(41)33(44-22-26-16-10-6-11-17-26)37-30(39)28(21-25-14-8-5-9-15-25)35-34(42)45-23-27-18-12-7-13-19-27/h5-19,24,28-29,33H,20-23H2,1-4H3,(H,35,42)(H,37,39)(H,36,40,41)/t28-,29-,33?/m0/s1. The Morgan fingerprint density at radius 3 is 1.78 bits per heavy atom. The molecule has 0 fully saturated rings. The number of hydrogen-bond acceptors (Lipinski definition) is 8. The molecule has 1 unspecified atom stereocenters. The molecule has 3 aromatic carbocycles. The van der Waals surface area contributed by atoms with Crippen molar-refractivity contribution in [3.8, 4) is 0 Å². The number of hydroxylamine groups is 2. The third-order valence-corrected chi connectivity index (χ3v) is 6.85. The molecule has 3 atom stereocenters. The van der Waals surface area contributed by atoms with Gasteiger partial charge in [-0.15, -0.1) is 0 Å². The highest BCUT2D eigenvalue weighted by Gasteiger charge is 2.32. The van der Waals surface area contributed by atoms with Crippen LogP contribution in [-0.2, 0) is 48.3 Å². The van der Waals surface area contributed by atoms with Gasteiger partial charge in [0.2, 0.25) is 18.0 Å². The third-order valence-electron chi connectivity index (χ3n) is 6.85. The lowest BCUT2D eigenvalue weighted by molar-refractivity contribution is -0.166. The van der Waals surface area contributed by atoms with Gasteiger partial charge in [-0.25, -0.2) is 4.79 Å². The number of hydrogen-bond donors (Lipinski definition) is 3. The van der Waals surface area contributed by atoms with Crippen LogP contribution in [0.2, 0.25) is 0 Å². The average Bonchev–Trinajstić information content (AvgIpc) is 3.05. The second kappa shape index (κ2) is 18.3. The van der Waals surface area contributed by atoms with Crippen LogP contribution < -0.4 is 16.0 Å². The highest BCUT2D eigenvalue weighted by atomic mass is 16.7. The van der Waals surface area contributed by atoms with Crippen molar-refractivity contribution in [1.29, 1.82) is 0 Å². The Balaban J connectivity index is 1.78. The maximum atomic E-state index is 13.6. The molecule has 0 aromatic heterocycles. The van der Waals surface area contributed by atoms with Crippen LogP contribution in [0.15, 0.2) is 91.0 Å². The van der Waals surface area contributed by atoms with Gasteiger partial charge in [0.05, 0.1) is 13.7 Å². The molecule has 3 aromatic rings. The summed E-state index contributed by atoms with van der Waals surface area (Å²) >= 11 is 0. The molecular formula is C34H42N4O7. The number of imide groups is 1. The summed E-state index contributed by atoms with van der Waals surface area (Å²) in [7, 11) is 3.03. The third kappa shape index (κ3) is 12.1. The molecule has 0 radical (unpaired) electrons. The van der Waals surface area contributed by atoms with Crippen molar-refractivity contribution in [2.45, 2.75) is 58.2 Å². The summed E-state index contributed by atoms with van der Waals surface area (Å²) in [4.78, 5) is 58.2. The average molecular weight is 619 g/mol. The lowest BCUT2D eigenvalue weighted by atomic mass is 10.0. The molecule has 0 aliphatic heterocycles. The van der Waals surface area contributed by atoms with Crippen LogP contribution in [0.4, 0.5) is 4.79 Å². The zero-order chi connectivity index (χ0) is 32.6. The summed E-state index contributed by atoms with van der Waals surface area (Å²) in [6.45, 7) is 3.87. The second-order valence-corrected chi connectivity index (χ2v) is 10.9. The van der Waals surface area contributed by atoms with Gasteiger partial charge in [-0.1, -0.05) is 105 Å². The van der Waals surface area contributed by atoms with Gasteiger partial charge in [0.25, 0.3) is 5.91 Å². The molecule has 0 saturated carbocycles. The number of alkyl carbamates (subject to hydrolysis) is 1. The van der Waals surface area contributed by atoms with Crippen molar-refractivity contribution in [3.05, 3.63) is 108 Å². The van der Waals surface area contributed by atoms with Crippen LogP contribution in [0.1, 0.15) is 37.0 Å². The van der Waals surface area contributed by atoms with Gasteiger partial charge in [0, 0.05) is 13.5 Å². The second-order valence-electron chi connectivity index (χ2n) is 10.9. The van der Waals surface area contributed by atoms with E-state index in [-0.39, 0.29) is 25.6 Å². The first-order valence-corrected chi connectivity index (χ1v) is 14.7. The number of nitrogens with zero attached hydrogens (tertiary/aromatic N) is 1. The summed E-state index contributed by atoms with van der Waals surface area (Å²) < 4.78 is 11.2. The van der Waals surface area contributed by atoms with E-state index >= 15 is 0 Å². The largest absolute Gasteiger partial charge is 0.445 e. The van der Waals surface area contributed by atoms with Crippen LogP contribution in [0.3, 0.4) is 0 Å². The minimum Gasteiger partial charge on any atom is -0.445 e. The van der Waals surface area contributed by atoms with Crippen LogP contribution in [-0.4, -0.2) is 61.3 Å². The Morgan fingerprint density at radius 2 is 1.24 bits per heavy atom. The minimum absolute atomic E-state index is 0.00709. The van der Waals surface area contributed by atoms with Crippen molar-refractivity contribution in [3.63, 3.8) is 0 Å². The van der Waals surface area contributed by atoms with E-state index in [4.69, 9.17) is 14.3 Å². The molecule has 240 valence electrons. The topological polar surface area (TPSA) is 135 Å². The van der Waals surface area contributed by atoms with E-state index in [1.54, 1.807) is 19.2 Å². The van der Waals surface area contributed by atoms with Crippen LogP contribution in [0.25, 0.3) is 0 Å². The number of carbonyl (C=O) groups excluding carboxylic acids is 4. The molecule has 0 heterocycles. The van der Waals surface area contributed by atoms with E-state index < -0.39 is 42.1 Å². The molecule has 45 heavy (non-hydrogen) atoms. The summed E-state index contributed by atoms with van der Waals surface area (Å²) in [5.41, 5.74) is 2.29. The van der Waals surface area contributed by atoms with E-state index in [2.05, 4.69) is 16.0 Å². The van der Waals surface area contributed by atoms with Gasteiger partial charge in [0.15, 0.2) is 0 Å². The van der Waals surface area contributed by atoms with Crippen LogP contribution >= 0.6 is 0 Å². The number of amides is 4. The van der Waals surface area contributed by atoms with E-state index in [0.29, 0.717) is 6.42 Å². The van der Waals surface area contributed by atoms with Gasteiger partial charge in [-0.2, -0.15) is 5.06 Å². The number of carbonyl (C=O) groups is 4. The number of nitrogens with one attached hydrogen (secondary N) is 3. The summed E-state index contributed by atoms with van der Waals surface area (Å²) in [6, 6.07) is 25.4. The Hall–Kier alpha value is -4.58. The molecule has 3 rings (SSSR count). The summed E-state index contributed by atoms with van der Waals surface area (Å²) in [6.07, 6.45) is -1.85. The Kier molecular flexibility index (Phi) is 14.2. The van der Waals surface area contributed by atoms with Crippen molar-refractivity contribution in [1.82, 2.24) is 21.0 Å². The lowest BCUT2D eigenvalue weighted by Crippen LogP contribution is -2.57. The molecular weight excluding hydrogens is 576 g/mol. The molecule has 4 amide bonds. The van der Waals surface area contributed by atoms with E-state index in [9.17, 15) is 19.2 Å². The lowest BCUT2D eigenvalue weighted by Gasteiger charge is -2.27. The van der Waals surface area contributed by atoms with Gasteiger partial charge in [0.1, 0.15) is 18.7 Å². The van der Waals surface area contributed by atoms with Gasteiger partial charge in [-0.05, 0) is 29.0 Å². The monoisotopic (exact) mass is 618 g/mol. The van der Waals surface area contributed by atoms with Gasteiger partial charge < -0.3 is 24.9 Å². The zero-order valence-corrected chi connectivity index (χ0v) is 26.1. The number of ether oxygens (including phenoxy) is 2. The Morgan fingerprint density at radius 1 is 0.711 bits per heavy atom. The molecule has 0 spiro atoms. The highest BCUT2D eigenvalue weighted by molar-refractivity contribution is 6.01. The summed E-state index contributed by atoms with van der Waals surface area (Å²) in [5.74, 6) is -2.05. The van der Waals surface area contributed by atoms with Crippen molar-refractivity contribution >= 4 is 23.8 Å². The highest BCUT2D eigenvalue weighted by Crippen LogP contribution is 2.12. The predicted octanol–water partition coefficient (Wildman–Crippen LogP) is 3.73. The minimum atomic E-state index is -1.56. The Bertz CT molecular complexity index is 1360. The van der Waals surface area contributed by atoms with Crippen molar-refractivity contribution < 1.29 is 33.5 Å². The fourth-order valence-electron chi connectivity index (χ4n) is 4.40. The maximum Gasteiger partial charge on any atom is 0.408 e. The van der Waals surface area contributed by atoms with Gasteiger partial charge in [-0.3, -0.25) is 19.7 Å². The number of likely N-dealkylation sites (N-methyl/N-ethyl adjacent to an activating group) is 1. The van der Waals surface area contributed by atoms with E-state index in [1.165, 1.54) is 12.2 Å². The summed E-state index contributed by atoms with van der Waals surface area (Å²) in [5, 5.41) is 8.90. The first-order chi connectivity index (χ1) is 21.7. The molecule has 0 aliphatic carbocycles. The smallest absolute Gasteiger partial charge is 0.408 e. The molecule has 0 saturated heterocycles. The number of rotatable bonds is 16. The molecule has 11 nitrogen and oxygen atoms in total. The number of benzene rings is 3. The molecule has 11 heteroatoms. The molecule has 0 bridgehead atoms. The SMILES string of the molecule is CON(C)[C@@H](CC(C)C)C(=O)NC(=O)C(NC(=O)[C@H](Cc1ccccc1)NC(=O)OCc1ccccc1)OCc1ccccc1. The normalized spacial score (nSPS) is 13.0. The molecule has 3 N–H and O–H groups in total. The van der Waals surface area contributed by atoms with Gasteiger partial charge >= 0.3 is 6.09 Å². The first-order valence-electron chi connectivity index (χ1n) is 14.7. The van der Waals surface area contributed by atoms with Crippen molar-refractivity contribution in [2.75, 3.05) is 14.2 Å². The van der Waals surface area contributed by atoms with Crippen LogP contribution in [0.5, 0.6) is 0 Å². The zero-order valence-electron chi connectivity index (χ0n) is 26.1. The van der Waals surface area contributed by atoms with E-state index in [0.717, 1.165) is 16.7 Å². The fourth-order valence-corrected chi connectivity index (χ4v) is 4.40. The molecule has 0 aliphatic rings. The maximum absolute atomic E-state index is 13.6. The quantitative estimate of drug-likeness (QED) is 0.163. The van der Waals surface area contributed by atoms with E-state index in [1.807, 2.05) is 92.7 Å². The van der Waals surface area contributed by atoms with Crippen molar-refractivity contribution in [2.24, 2.45) is 5.92 Å². The Labute approximate surface area is 264 Å². The van der Waals surface area contributed by atoms with Crippen LogP contribution in [0, 0.1) is 5.92 Å². The predicted molar refractivity (Wildman–Crippen MR) is 168 cm³/mol. The fraction of sp³-hybridized carbons (Fsp3) is 0.353. The first kappa shape index (κ1) is 34.9.